The molecule has 6 heterocycles. The molecule has 5 saturated carbocycles. The Balaban J connectivity index is 0.944. The highest BCUT2D eigenvalue weighted by Gasteiger charge is 2.94. The van der Waals surface area contributed by atoms with Crippen molar-refractivity contribution < 1.29 is 53.1 Å². The number of ketones is 1. The summed E-state index contributed by atoms with van der Waals surface area (Å²) in [6.45, 7) is 5.68. The first-order valence-corrected chi connectivity index (χ1v) is 28.8. The van der Waals surface area contributed by atoms with Crippen molar-refractivity contribution in [3.05, 3.63) is 71.7 Å². The molecular weight excluding hydrogens is 925 g/mol. The smallest absolute Gasteiger partial charge is 0.339 e. The van der Waals surface area contributed by atoms with E-state index in [2.05, 4.69) is 60.9 Å². The van der Waals surface area contributed by atoms with Crippen LogP contribution in [0, 0.1) is 69.0 Å². The molecule has 11 aliphatic rings. The maximum atomic E-state index is 16.6. The molecule has 18 unspecified atom stereocenters. The van der Waals surface area contributed by atoms with Gasteiger partial charge in [-0.1, -0.05) is 94.4 Å². The fourth-order valence-corrected chi connectivity index (χ4v) is 19.8. The molecule has 5 saturated heterocycles. The summed E-state index contributed by atoms with van der Waals surface area (Å²) in [5, 5.41) is 43.1. The summed E-state index contributed by atoms with van der Waals surface area (Å²) in [6.07, 6.45) is 16.9. The predicted molar refractivity (Wildman–Crippen MR) is 268 cm³/mol. The van der Waals surface area contributed by atoms with Crippen LogP contribution in [0.25, 0.3) is 0 Å². The van der Waals surface area contributed by atoms with Gasteiger partial charge in [-0.15, -0.1) is 0 Å². The number of rotatable bonds is 11. The molecule has 0 bridgehead atoms. The van der Waals surface area contributed by atoms with E-state index in [-0.39, 0.29) is 53.9 Å². The number of carbonyl (C=O) groups excluding carboxylic acids is 3. The van der Waals surface area contributed by atoms with Crippen LogP contribution >= 0.6 is 0 Å². The highest BCUT2D eigenvalue weighted by Crippen LogP contribution is 2.84. The van der Waals surface area contributed by atoms with Crippen LogP contribution in [-0.2, 0) is 46.2 Å². The molecule has 73 heavy (non-hydrogen) atoms. The summed E-state index contributed by atoms with van der Waals surface area (Å²) >= 11 is 0. The third-order valence-electron chi connectivity index (χ3n) is 22.9. The van der Waals surface area contributed by atoms with Crippen LogP contribution in [0.1, 0.15) is 146 Å². The summed E-state index contributed by atoms with van der Waals surface area (Å²) in [5.41, 5.74) is -4.35. The minimum absolute atomic E-state index is 0.0178. The summed E-state index contributed by atoms with van der Waals surface area (Å²) in [5.74, 6) is -1.30. The number of ether oxygens (including phenoxy) is 4. The van der Waals surface area contributed by atoms with E-state index < -0.39 is 81.9 Å². The number of allylic oxidation sites excluding steroid dienone is 1. The van der Waals surface area contributed by atoms with E-state index in [1.54, 1.807) is 6.26 Å². The number of carbonyl (C=O) groups is 3. The number of aliphatic hydroxyl groups is 3. The SMILES string of the molecule is CC1(C2CCCCC2)OC2C3(CCCC3)C(=O)OCC23C1C(=O)C(O)C1(C2CCCC(Cc4ccccc4)C2)C3CCC2(C)C(c3ccoc3CC(C(O)CO)C3C=CC(C4CNCN4)CC3)OC(=O)C3OC321. The number of hydrogen-bond donors (Lipinski definition) is 5. The second-order valence-electron chi connectivity index (χ2n) is 25.9. The number of esters is 2. The highest BCUT2D eigenvalue weighted by molar-refractivity contribution is 5.93. The maximum Gasteiger partial charge on any atom is 0.339 e. The van der Waals surface area contributed by atoms with Crippen LogP contribution in [0.4, 0.5) is 0 Å². The number of epoxide rings is 1. The van der Waals surface area contributed by atoms with Gasteiger partial charge in [0.25, 0.3) is 0 Å². The quantitative estimate of drug-likeness (QED) is 0.0848. The molecule has 13 rings (SSSR count). The maximum absolute atomic E-state index is 16.6. The van der Waals surface area contributed by atoms with Crippen molar-refractivity contribution in [1.82, 2.24) is 10.6 Å². The Labute approximate surface area is 430 Å². The molecule has 13 heteroatoms. The van der Waals surface area contributed by atoms with E-state index in [0.717, 1.165) is 103 Å². The summed E-state index contributed by atoms with van der Waals surface area (Å²) in [6, 6.07) is 12.9. The van der Waals surface area contributed by atoms with Crippen molar-refractivity contribution in [3.63, 3.8) is 0 Å². The predicted octanol–water partition coefficient (Wildman–Crippen LogP) is 7.48. The van der Waals surface area contributed by atoms with Crippen molar-refractivity contribution in [2.24, 2.45) is 69.0 Å². The topological polar surface area (TPSA) is 189 Å². The van der Waals surface area contributed by atoms with Crippen LogP contribution in [0.15, 0.2) is 59.2 Å². The third-order valence-corrected chi connectivity index (χ3v) is 22.9. The first-order chi connectivity index (χ1) is 35.4. The van der Waals surface area contributed by atoms with Crippen LogP contribution in [0.5, 0.6) is 0 Å². The van der Waals surface area contributed by atoms with Gasteiger partial charge in [0.05, 0.1) is 42.0 Å². The number of hydrogen-bond acceptors (Lipinski definition) is 13. The van der Waals surface area contributed by atoms with Gasteiger partial charge >= 0.3 is 11.9 Å². The lowest BCUT2D eigenvalue weighted by Gasteiger charge is -2.71. The molecule has 5 N–H and O–H groups in total. The molecule has 3 spiro atoms. The molecule has 5 aliphatic heterocycles. The monoisotopic (exact) mass is 1000 g/mol. The van der Waals surface area contributed by atoms with Crippen molar-refractivity contribution in [2.45, 2.75) is 184 Å². The standard InChI is InChI=1S/C60H80N2O11/c1-55-26-22-46-58-33-70-54(68)57(24-9-10-25-57)53(58)73-56(2,39-15-7-4-8-16-39)48(58)47(65)49(66)59(46,40-17-11-14-36(29-40)28-35-12-5-3-6-13-35)60(55)51(72-60)52(67)71-50(55)41-23-27-69-45(41)30-42(44(64)32-63)37-18-20-38(21-19-37)43-31-61-34-62-43/h3,5-6,12-13,18,20,23,27,36-40,42-44,46,48-51,53,61-64,66H,4,7-11,14-17,19,21-22,24-26,28-34H2,1-2H3. The summed E-state index contributed by atoms with van der Waals surface area (Å²) < 4.78 is 34.9. The second-order valence-corrected chi connectivity index (χ2v) is 25.9. The number of furan rings is 1. The Morgan fingerprint density at radius 2 is 1.63 bits per heavy atom. The molecule has 1 aromatic heterocycles. The molecule has 0 radical (unpaired) electrons. The third kappa shape index (κ3) is 6.85. The van der Waals surface area contributed by atoms with E-state index in [0.29, 0.717) is 55.4 Å². The molecule has 18 atom stereocenters. The first-order valence-electron chi connectivity index (χ1n) is 28.8. The zero-order chi connectivity index (χ0) is 50.1. The molecule has 396 valence electrons. The average Bonchev–Trinajstić information content (AvgIpc) is 3.93. The average molecular weight is 1010 g/mol. The number of fused-ring (bicyclic) bond motifs is 2. The van der Waals surface area contributed by atoms with Crippen LogP contribution in [-0.4, -0.2) is 101 Å². The van der Waals surface area contributed by atoms with E-state index in [1.165, 1.54) is 5.56 Å². The Morgan fingerprint density at radius 3 is 2.37 bits per heavy atom. The summed E-state index contributed by atoms with van der Waals surface area (Å²) in [7, 11) is 0. The summed E-state index contributed by atoms with van der Waals surface area (Å²) in [4.78, 5) is 46.4. The van der Waals surface area contributed by atoms with Crippen molar-refractivity contribution in [1.29, 1.82) is 0 Å². The lowest BCUT2D eigenvalue weighted by molar-refractivity contribution is -0.285. The minimum Gasteiger partial charge on any atom is -0.469 e. The van der Waals surface area contributed by atoms with Crippen molar-refractivity contribution >= 4 is 17.7 Å². The molecule has 1 aromatic carbocycles. The number of aliphatic hydroxyl groups excluding tert-OH is 3. The van der Waals surface area contributed by atoms with E-state index in [1.807, 2.05) is 12.1 Å². The molecule has 2 aromatic rings. The molecule has 6 aliphatic carbocycles. The Hall–Kier alpha value is -3.43. The Kier molecular flexibility index (Phi) is 12.2. The molecule has 13 nitrogen and oxygen atoms in total. The van der Waals surface area contributed by atoms with Gasteiger partial charge in [0.1, 0.15) is 30.2 Å². The minimum atomic E-state index is -1.47. The van der Waals surface area contributed by atoms with Gasteiger partial charge in [0.15, 0.2) is 11.9 Å². The fraction of sp³-hybridized carbons (Fsp3) is 0.750. The van der Waals surface area contributed by atoms with Crippen LogP contribution < -0.4 is 10.6 Å². The van der Waals surface area contributed by atoms with Crippen LogP contribution in [0.3, 0.4) is 0 Å². The lowest BCUT2D eigenvalue weighted by Crippen LogP contribution is -2.80. The van der Waals surface area contributed by atoms with Gasteiger partial charge in [-0.3, -0.25) is 14.9 Å². The Morgan fingerprint density at radius 1 is 0.836 bits per heavy atom. The van der Waals surface area contributed by atoms with Gasteiger partial charge in [-0.2, -0.15) is 0 Å². The largest absolute Gasteiger partial charge is 0.469 e. The second kappa shape index (κ2) is 18.1. The lowest BCUT2D eigenvalue weighted by atomic mass is 9.32. The number of Topliss-reactive ketones (excluding diaryl/α,β-unsaturated/α-hetero) is 1. The van der Waals surface area contributed by atoms with Gasteiger partial charge in [-0.25, -0.2) is 4.79 Å². The van der Waals surface area contributed by atoms with Gasteiger partial charge in [0, 0.05) is 53.4 Å². The zero-order valence-electron chi connectivity index (χ0n) is 43.2. The number of cyclic esters (lactones) is 2. The Bertz CT molecular complexity index is 2460. The van der Waals surface area contributed by atoms with Crippen LogP contribution in [0.2, 0.25) is 0 Å². The molecule has 10 fully saturated rings. The van der Waals surface area contributed by atoms with E-state index in [9.17, 15) is 20.1 Å². The number of benzene rings is 1. The van der Waals surface area contributed by atoms with Crippen molar-refractivity contribution in [3.8, 4) is 0 Å². The fourth-order valence-electron chi connectivity index (χ4n) is 19.8. The first kappa shape index (κ1) is 49.2. The van der Waals surface area contributed by atoms with Crippen molar-refractivity contribution in [2.75, 3.05) is 26.4 Å². The van der Waals surface area contributed by atoms with Gasteiger partial charge in [0.2, 0.25) is 0 Å². The molecular formula is C60H80N2O11. The highest BCUT2D eigenvalue weighted by atomic mass is 16.7. The van der Waals surface area contributed by atoms with E-state index in [4.69, 9.17) is 23.4 Å². The molecule has 0 amide bonds. The van der Waals surface area contributed by atoms with Gasteiger partial charge in [-0.05, 0) is 125 Å². The normalized spacial score (nSPS) is 45.6. The van der Waals surface area contributed by atoms with Gasteiger partial charge < -0.3 is 44.0 Å². The van der Waals surface area contributed by atoms with E-state index >= 15 is 9.59 Å². The number of nitrogens with one attached hydrogen (secondary N) is 2. The zero-order valence-corrected chi connectivity index (χ0v) is 43.2.